The number of nitrogens with two attached hydrogens (primary N) is 1. The Balaban J connectivity index is 2.56. The van der Waals surface area contributed by atoms with Gasteiger partial charge in [0.15, 0.2) is 0 Å². The summed E-state index contributed by atoms with van der Waals surface area (Å²) in [5, 5.41) is 0. The number of ether oxygens (including phenoxy) is 2. The highest BCUT2D eigenvalue weighted by Gasteiger charge is 2.15. The molecule has 0 fully saturated rings. The van der Waals surface area contributed by atoms with E-state index in [0.29, 0.717) is 6.54 Å². The molecule has 0 amide bonds. The van der Waals surface area contributed by atoms with Crippen LogP contribution in [0.2, 0.25) is 0 Å². The second kappa shape index (κ2) is 5.75. The predicted molar refractivity (Wildman–Crippen MR) is 74.5 cm³/mol. The van der Waals surface area contributed by atoms with E-state index in [1.165, 1.54) is 0 Å². The van der Waals surface area contributed by atoms with Crippen LogP contribution in [0.5, 0.6) is 11.5 Å². The van der Waals surface area contributed by atoms with E-state index in [-0.39, 0.29) is 0 Å². The maximum atomic E-state index is 5.67. The zero-order valence-electron chi connectivity index (χ0n) is 11.5. The van der Waals surface area contributed by atoms with E-state index in [4.69, 9.17) is 15.2 Å². The number of nitrogens with zero attached hydrogens (tertiary/aromatic N) is 2. The normalized spacial score (nSPS) is 10.5. The predicted octanol–water partition coefficient (Wildman–Crippen LogP) is 1.61. The number of imidazole rings is 1. The van der Waals surface area contributed by atoms with E-state index in [0.717, 1.165) is 34.9 Å². The van der Waals surface area contributed by atoms with Crippen molar-refractivity contribution in [1.29, 1.82) is 0 Å². The van der Waals surface area contributed by atoms with E-state index >= 15 is 0 Å². The summed E-state index contributed by atoms with van der Waals surface area (Å²) < 4.78 is 12.7. The Morgan fingerprint density at radius 1 is 1.26 bits per heavy atom. The van der Waals surface area contributed by atoms with Crippen molar-refractivity contribution in [3.8, 4) is 22.8 Å². The summed E-state index contributed by atoms with van der Waals surface area (Å²) in [5.41, 5.74) is 8.57. The van der Waals surface area contributed by atoms with Crippen LogP contribution in [0.4, 0.5) is 0 Å². The summed E-state index contributed by atoms with van der Waals surface area (Å²) in [6.07, 6.45) is 2.56. The first-order chi connectivity index (χ1) is 9.21. The van der Waals surface area contributed by atoms with E-state index in [1.807, 2.05) is 29.8 Å². The van der Waals surface area contributed by atoms with Gasteiger partial charge in [-0.15, -0.1) is 0 Å². The van der Waals surface area contributed by atoms with Gasteiger partial charge in [0.05, 0.1) is 26.2 Å². The monoisotopic (exact) mass is 261 g/mol. The van der Waals surface area contributed by atoms with Gasteiger partial charge in [-0.2, -0.15) is 0 Å². The topological polar surface area (TPSA) is 62.3 Å². The molecular formula is C14H19N3O2. The minimum atomic E-state index is 0.582. The Bertz CT molecular complexity index is 564. The molecule has 5 nitrogen and oxygen atoms in total. The molecule has 0 aliphatic carbocycles. The third-order valence-electron chi connectivity index (χ3n) is 3.10. The van der Waals surface area contributed by atoms with Gasteiger partial charge in [-0.1, -0.05) is 0 Å². The number of aryl methyl sites for hydroxylation is 1. The fourth-order valence-electron chi connectivity index (χ4n) is 2.11. The van der Waals surface area contributed by atoms with Crippen LogP contribution in [0.15, 0.2) is 24.5 Å². The summed E-state index contributed by atoms with van der Waals surface area (Å²) in [6.45, 7) is 0.582. The Kier molecular flexibility index (Phi) is 4.06. The lowest BCUT2D eigenvalue weighted by molar-refractivity contribution is 0.404. The molecule has 19 heavy (non-hydrogen) atoms. The molecule has 0 aliphatic rings. The van der Waals surface area contributed by atoms with Gasteiger partial charge in [0.25, 0.3) is 0 Å². The first kappa shape index (κ1) is 13.4. The van der Waals surface area contributed by atoms with Crippen LogP contribution >= 0.6 is 0 Å². The second-order valence-corrected chi connectivity index (χ2v) is 4.26. The summed E-state index contributed by atoms with van der Waals surface area (Å²) >= 11 is 0. The van der Waals surface area contributed by atoms with Gasteiger partial charge in [0.2, 0.25) is 0 Å². The molecule has 0 spiro atoms. The SMILES string of the molecule is COc1ccc(OC)c(-c2ncn(C)c2CCN)c1. The van der Waals surface area contributed by atoms with Crippen molar-refractivity contribution in [3.05, 3.63) is 30.2 Å². The van der Waals surface area contributed by atoms with Crippen molar-refractivity contribution in [1.82, 2.24) is 9.55 Å². The highest BCUT2D eigenvalue weighted by molar-refractivity contribution is 5.71. The highest BCUT2D eigenvalue weighted by Crippen LogP contribution is 2.34. The molecule has 0 bridgehead atoms. The number of benzene rings is 1. The maximum absolute atomic E-state index is 5.67. The van der Waals surface area contributed by atoms with Crippen molar-refractivity contribution < 1.29 is 9.47 Å². The minimum Gasteiger partial charge on any atom is -0.497 e. The van der Waals surface area contributed by atoms with Gasteiger partial charge in [0.1, 0.15) is 11.5 Å². The highest BCUT2D eigenvalue weighted by atomic mass is 16.5. The van der Waals surface area contributed by atoms with Crippen molar-refractivity contribution in [2.45, 2.75) is 6.42 Å². The molecule has 0 radical (unpaired) electrons. The Morgan fingerprint density at radius 2 is 2.05 bits per heavy atom. The van der Waals surface area contributed by atoms with Crippen LogP contribution in [0.3, 0.4) is 0 Å². The van der Waals surface area contributed by atoms with Crippen molar-refractivity contribution in [2.75, 3.05) is 20.8 Å². The first-order valence-corrected chi connectivity index (χ1v) is 6.14. The molecule has 2 N–H and O–H groups in total. The molecule has 0 saturated carbocycles. The number of methoxy groups -OCH3 is 2. The fourth-order valence-corrected chi connectivity index (χ4v) is 2.11. The van der Waals surface area contributed by atoms with Gasteiger partial charge in [-0.05, 0) is 24.7 Å². The number of aromatic nitrogens is 2. The smallest absolute Gasteiger partial charge is 0.128 e. The van der Waals surface area contributed by atoms with Crippen molar-refractivity contribution >= 4 is 0 Å². The van der Waals surface area contributed by atoms with Crippen LogP contribution in [0.25, 0.3) is 11.3 Å². The summed E-state index contributed by atoms with van der Waals surface area (Å²) in [6, 6.07) is 5.68. The molecule has 1 aromatic carbocycles. The molecule has 2 rings (SSSR count). The molecule has 0 unspecified atom stereocenters. The average Bonchev–Trinajstić information content (AvgIpc) is 2.80. The van der Waals surface area contributed by atoms with Gasteiger partial charge < -0.3 is 19.8 Å². The Labute approximate surface area is 113 Å². The van der Waals surface area contributed by atoms with Gasteiger partial charge >= 0.3 is 0 Å². The lowest BCUT2D eigenvalue weighted by Crippen LogP contribution is -2.07. The first-order valence-electron chi connectivity index (χ1n) is 6.14. The largest absolute Gasteiger partial charge is 0.497 e. The quantitative estimate of drug-likeness (QED) is 0.888. The second-order valence-electron chi connectivity index (χ2n) is 4.26. The van der Waals surface area contributed by atoms with Crippen molar-refractivity contribution in [3.63, 3.8) is 0 Å². The van der Waals surface area contributed by atoms with Crippen LogP contribution in [0.1, 0.15) is 5.69 Å². The fraction of sp³-hybridized carbons (Fsp3) is 0.357. The van der Waals surface area contributed by atoms with E-state index < -0.39 is 0 Å². The van der Waals surface area contributed by atoms with Crippen LogP contribution in [-0.2, 0) is 13.5 Å². The molecule has 0 aliphatic heterocycles. The van der Waals surface area contributed by atoms with Gasteiger partial charge in [0, 0.05) is 24.7 Å². The molecule has 0 saturated heterocycles. The van der Waals surface area contributed by atoms with E-state index in [1.54, 1.807) is 20.5 Å². The molecular weight excluding hydrogens is 242 g/mol. The van der Waals surface area contributed by atoms with Crippen molar-refractivity contribution in [2.24, 2.45) is 12.8 Å². The van der Waals surface area contributed by atoms with Gasteiger partial charge in [-0.25, -0.2) is 4.98 Å². The molecule has 1 heterocycles. The van der Waals surface area contributed by atoms with Gasteiger partial charge in [-0.3, -0.25) is 0 Å². The Hall–Kier alpha value is -2.01. The molecule has 2 aromatic rings. The molecule has 1 aromatic heterocycles. The summed E-state index contributed by atoms with van der Waals surface area (Å²) in [7, 11) is 5.26. The maximum Gasteiger partial charge on any atom is 0.128 e. The standard InChI is InChI=1S/C14H19N3O2/c1-17-9-16-14(12(17)6-7-15)11-8-10(18-2)4-5-13(11)19-3/h4-5,8-9H,6-7,15H2,1-3H3. The number of hydrogen-bond acceptors (Lipinski definition) is 4. The summed E-state index contributed by atoms with van der Waals surface area (Å²) in [5.74, 6) is 1.55. The zero-order chi connectivity index (χ0) is 13.8. The number of rotatable bonds is 5. The molecule has 0 atom stereocenters. The molecule has 102 valence electrons. The lowest BCUT2D eigenvalue weighted by Gasteiger charge is -2.11. The minimum absolute atomic E-state index is 0.582. The average molecular weight is 261 g/mol. The third kappa shape index (κ3) is 2.56. The van der Waals surface area contributed by atoms with Crippen LogP contribution in [0, 0.1) is 0 Å². The van der Waals surface area contributed by atoms with E-state index in [9.17, 15) is 0 Å². The van der Waals surface area contributed by atoms with E-state index in [2.05, 4.69) is 4.98 Å². The summed E-state index contributed by atoms with van der Waals surface area (Å²) in [4.78, 5) is 4.46. The number of hydrogen-bond donors (Lipinski definition) is 1. The zero-order valence-corrected chi connectivity index (χ0v) is 11.5. The van der Waals surface area contributed by atoms with Crippen LogP contribution < -0.4 is 15.2 Å². The lowest BCUT2D eigenvalue weighted by atomic mass is 10.1. The Morgan fingerprint density at radius 3 is 2.68 bits per heavy atom. The molecule has 5 heteroatoms. The van der Waals surface area contributed by atoms with Crippen LogP contribution in [-0.4, -0.2) is 30.3 Å². The third-order valence-corrected chi connectivity index (χ3v) is 3.10.